The molecule has 0 unspecified atom stereocenters. The molecule has 0 aliphatic carbocycles. The molecule has 0 spiro atoms. The van der Waals surface area contributed by atoms with Gasteiger partial charge < -0.3 is 10.4 Å². The molecular weight excluding hydrogens is 178 g/mol. The maximum absolute atomic E-state index is 10.6. The predicted octanol–water partition coefficient (Wildman–Crippen LogP) is 2.19. The summed E-state index contributed by atoms with van der Waals surface area (Å²) in [4.78, 5) is 10.6. The van der Waals surface area contributed by atoms with Crippen molar-refractivity contribution >= 4 is 5.97 Å². The molecule has 0 rings (SSSR count). The summed E-state index contributed by atoms with van der Waals surface area (Å²) in [5.74, 6) is -0.807. The smallest absolute Gasteiger partial charge is 0.331 e. The van der Waals surface area contributed by atoms with Gasteiger partial charge in [-0.25, -0.2) is 4.79 Å². The summed E-state index contributed by atoms with van der Waals surface area (Å²) >= 11 is 0. The van der Waals surface area contributed by atoms with Crippen LogP contribution in [0.15, 0.2) is 11.6 Å². The molecule has 2 N–H and O–H groups in total. The molecule has 0 aliphatic heterocycles. The van der Waals surface area contributed by atoms with Crippen LogP contribution in [0.5, 0.6) is 0 Å². The summed E-state index contributed by atoms with van der Waals surface area (Å²) in [5, 5.41) is 12.1. The lowest BCUT2D eigenvalue weighted by Gasteiger charge is -2.12. The summed E-state index contributed by atoms with van der Waals surface area (Å²) in [6.07, 6.45) is 4.51. The van der Waals surface area contributed by atoms with E-state index >= 15 is 0 Å². The molecule has 0 heterocycles. The third kappa shape index (κ3) is 5.02. The lowest BCUT2D eigenvalue weighted by atomic mass is 10.1. The van der Waals surface area contributed by atoms with E-state index in [-0.39, 0.29) is 0 Å². The molecule has 3 nitrogen and oxygen atoms in total. The van der Waals surface area contributed by atoms with E-state index in [4.69, 9.17) is 5.11 Å². The maximum atomic E-state index is 10.6. The van der Waals surface area contributed by atoms with Crippen molar-refractivity contribution in [3.63, 3.8) is 0 Å². The largest absolute Gasteiger partial charge is 0.478 e. The molecule has 0 aliphatic rings. The van der Waals surface area contributed by atoms with Crippen molar-refractivity contribution in [1.82, 2.24) is 5.32 Å². The third-order valence-corrected chi connectivity index (χ3v) is 2.40. The molecule has 0 aromatic heterocycles. The van der Waals surface area contributed by atoms with Gasteiger partial charge in [-0.05, 0) is 19.3 Å². The van der Waals surface area contributed by atoms with Gasteiger partial charge in [0.05, 0.1) is 0 Å². The fourth-order valence-corrected chi connectivity index (χ4v) is 1.31. The molecule has 0 bridgehead atoms. The minimum Gasteiger partial charge on any atom is -0.478 e. The normalized spacial score (nSPS) is 12.1. The Hall–Kier alpha value is -0.830. The van der Waals surface area contributed by atoms with Crippen molar-refractivity contribution in [2.75, 3.05) is 6.54 Å². The van der Waals surface area contributed by atoms with Gasteiger partial charge in [0.2, 0.25) is 0 Å². The van der Waals surface area contributed by atoms with Crippen molar-refractivity contribution in [3.05, 3.63) is 11.6 Å². The van der Waals surface area contributed by atoms with Crippen LogP contribution in [0.4, 0.5) is 0 Å². The van der Waals surface area contributed by atoms with Crippen molar-refractivity contribution in [2.24, 2.45) is 0 Å². The van der Waals surface area contributed by atoms with Gasteiger partial charge in [0.25, 0.3) is 0 Å². The number of hydrogen-bond donors (Lipinski definition) is 2. The minimum absolute atomic E-state index is 0.489. The molecular formula is C11H21NO2. The fourth-order valence-electron chi connectivity index (χ4n) is 1.31. The second-order valence-corrected chi connectivity index (χ2v) is 3.31. The standard InChI is InChI=1S/C11H21NO2/c1-4-9(11(13)14)7-8-12-10(5-2)6-3/h7,10,12H,4-6,8H2,1-3H3,(H,13,14)/b9-7-. The molecule has 0 fully saturated rings. The van der Waals surface area contributed by atoms with Crippen LogP contribution in [0.25, 0.3) is 0 Å². The van der Waals surface area contributed by atoms with Gasteiger partial charge in [-0.15, -0.1) is 0 Å². The first-order chi connectivity index (χ1) is 6.65. The summed E-state index contributed by atoms with van der Waals surface area (Å²) < 4.78 is 0. The quantitative estimate of drug-likeness (QED) is 0.618. The fraction of sp³-hybridized carbons (Fsp3) is 0.727. The monoisotopic (exact) mass is 199 g/mol. The van der Waals surface area contributed by atoms with Crippen molar-refractivity contribution in [1.29, 1.82) is 0 Å². The topological polar surface area (TPSA) is 49.3 Å². The van der Waals surface area contributed by atoms with E-state index in [0.717, 1.165) is 12.8 Å². The van der Waals surface area contributed by atoms with Crippen LogP contribution in [0.3, 0.4) is 0 Å². The molecule has 82 valence electrons. The Morgan fingerprint density at radius 3 is 2.29 bits per heavy atom. The second kappa shape index (κ2) is 7.56. The van der Waals surface area contributed by atoms with Crippen LogP contribution < -0.4 is 5.32 Å². The van der Waals surface area contributed by atoms with E-state index in [1.165, 1.54) is 0 Å². The molecule has 0 radical (unpaired) electrons. The molecule has 0 saturated heterocycles. The highest BCUT2D eigenvalue weighted by molar-refractivity contribution is 5.86. The number of rotatable bonds is 7. The average Bonchev–Trinajstić information content (AvgIpc) is 2.18. The van der Waals surface area contributed by atoms with Gasteiger partial charge in [-0.3, -0.25) is 0 Å². The number of hydrogen-bond acceptors (Lipinski definition) is 2. The van der Waals surface area contributed by atoms with E-state index in [1.807, 2.05) is 6.92 Å². The van der Waals surface area contributed by atoms with E-state index in [1.54, 1.807) is 6.08 Å². The zero-order chi connectivity index (χ0) is 11.0. The Morgan fingerprint density at radius 1 is 1.36 bits per heavy atom. The van der Waals surface area contributed by atoms with Crippen LogP contribution in [-0.4, -0.2) is 23.7 Å². The maximum Gasteiger partial charge on any atom is 0.331 e. The SMILES string of the molecule is CC/C(=C/CNC(CC)CC)C(=O)O. The highest BCUT2D eigenvalue weighted by atomic mass is 16.4. The van der Waals surface area contributed by atoms with E-state index in [9.17, 15) is 4.79 Å². The highest BCUT2D eigenvalue weighted by Gasteiger charge is 2.04. The lowest BCUT2D eigenvalue weighted by Crippen LogP contribution is -2.28. The minimum atomic E-state index is -0.807. The Morgan fingerprint density at radius 2 is 1.93 bits per heavy atom. The molecule has 0 amide bonds. The number of carbonyl (C=O) groups is 1. The summed E-state index contributed by atoms with van der Waals surface area (Å²) in [6.45, 7) is 6.77. The number of aliphatic carboxylic acids is 1. The van der Waals surface area contributed by atoms with Gasteiger partial charge in [0, 0.05) is 18.2 Å². The van der Waals surface area contributed by atoms with E-state index in [0.29, 0.717) is 24.6 Å². The summed E-state index contributed by atoms with van der Waals surface area (Å²) in [6, 6.07) is 0.498. The highest BCUT2D eigenvalue weighted by Crippen LogP contribution is 2.00. The van der Waals surface area contributed by atoms with Gasteiger partial charge in [0.1, 0.15) is 0 Å². The molecule has 0 aromatic rings. The molecule has 0 saturated carbocycles. The second-order valence-electron chi connectivity index (χ2n) is 3.31. The van der Waals surface area contributed by atoms with Crippen LogP contribution in [-0.2, 0) is 4.79 Å². The molecule has 0 aromatic carbocycles. The van der Waals surface area contributed by atoms with Crippen LogP contribution >= 0.6 is 0 Å². The number of nitrogens with one attached hydrogen (secondary N) is 1. The van der Waals surface area contributed by atoms with Crippen LogP contribution in [0.1, 0.15) is 40.0 Å². The van der Waals surface area contributed by atoms with Gasteiger partial charge >= 0.3 is 5.97 Å². The van der Waals surface area contributed by atoms with Crippen molar-refractivity contribution in [2.45, 2.75) is 46.1 Å². The number of carboxylic acid groups (broad SMARTS) is 1. The Kier molecular flexibility index (Phi) is 7.11. The van der Waals surface area contributed by atoms with Crippen molar-refractivity contribution in [3.8, 4) is 0 Å². The first-order valence-electron chi connectivity index (χ1n) is 5.31. The Bertz CT molecular complexity index is 195. The zero-order valence-corrected chi connectivity index (χ0v) is 9.34. The van der Waals surface area contributed by atoms with Crippen LogP contribution in [0.2, 0.25) is 0 Å². The predicted molar refractivity (Wildman–Crippen MR) is 58.4 cm³/mol. The number of carboxylic acids is 1. The average molecular weight is 199 g/mol. The van der Waals surface area contributed by atoms with Gasteiger partial charge in [0.15, 0.2) is 0 Å². The van der Waals surface area contributed by atoms with Gasteiger partial charge in [-0.2, -0.15) is 0 Å². The lowest BCUT2D eigenvalue weighted by molar-refractivity contribution is -0.132. The summed E-state index contributed by atoms with van der Waals surface area (Å²) in [7, 11) is 0. The van der Waals surface area contributed by atoms with Gasteiger partial charge in [-0.1, -0.05) is 26.8 Å². The van der Waals surface area contributed by atoms with Crippen LogP contribution in [0, 0.1) is 0 Å². The Balaban J connectivity index is 3.94. The molecule has 0 atom stereocenters. The third-order valence-electron chi connectivity index (χ3n) is 2.40. The van der Waals surface area contributed by atoms with E-state index < -0.39 is 5.97 Å². The van der Waals surface area contributed by atoms with E-state index in [2.05, 4.69) is 19.2 Å². The first-order valence-corrected chi connectivity index (χ1v) is 5.31. The molecule has 14 heavy (non-hydrogen) atoms. The van der Waals surface area contributed by atoms with Crippen molar-refractivity contribution < 1.29 is 9.90 Å². The first kappa shape index (κ1) is 13.2. The molecule has 3 heteroatoms. The zero-order valence-electron chi connectivity index (χ0n) is 9.34. The Labute approximate surface area is 86.2 Å². The summed E-state index contributed by atoms with van der Waals surface area (Å²) in [5.41, 5.74) is 0.489.